The van der Waals surface area contributed by atoms with Crippen molar-refractivity contribution >= 4 is 39.8 Å². The summed E-state index contributed by atoms with van der Waals surface area (Å²) >= 11 is 2.99. The van der Waals surface area contributed by atoms with Gasteiger partial charge in [0.1, 0.15) is 21.9 Å². The van der Waals surface area contributed by atoms with Gasteiger partial charge in [-0.1, -0.05) is 47.6 Å². The molecule has 0 saturated heterocycles. The van der Waals surface area contributed by atoms with Crippen LogP contribution in [0.1, 0.15) is 18.3 Å². The number of carbonyl (C=O) groups excluding carboxylic acids is 1. The first-order chi connectivity index (χ1) is 28.0. The summed E-state index contributed by atoms with van der Waals surface area (Å²) in [5, 5.41) is 26.0. The Labute approximate surface area is 333 Å². The monoisotopic (exact) mass is 802 g/mol. The van der Waals surface area contributed by atoms with Gasteiger partial charge in [-0.15, -0.1) is 27.5 Å². The number of ether oxygens (including phenoxy) is 4. The van der Waals surface area contributed by atoms with E-state index in [1.165, 1.54) is 22.7 Å². The molecule has 0 aliphatic rings. The highest BCUT2D eigenvalue weighted by Gasteiger charge is 2.21. The van der Waals surface area contributed by atoms with Crippen LogP contribution in [0.3, 0.4) is 0 Å². The molecule has 3 N–H and O–H groups in total. The van der Waals surface area contributed by atoms with E-state index < -0.39 is 6.09 Å². The molecular weight excluding hydrogens is 769 g/mol. The number of rotatable bonds is 12. The standard InChI is InChI=1S/C19H15N7O2S.C19H19N5O3S/c1-27-14-8-12-13(9-15(14)28-2)26(10-20-12)19-21-16(11-6-4-3-5-7-11)17(29-19)18-22-24-25-23-18;1-3-4-9-27-19(25)21-11-14-10-15(24-23-14)17-16(12-26-2)22-18(28-17)13-5-7-20-8-6-13/h3-10H,1-2H3,(H,22,23,24,25);5-8,10H,9,11-12H2,1-2H3,(H,21,25)(H,23,24). The average Bonchev–Trinajstić information content (AvgIpc) is 4.10. The maximum Gasteiger partial charge on any atom is 0.408 e. The van der Waals surface area contributed by atoms with Crippen molar-refractivity contribution in [3.63, 3.8) is 0 Å². The average molecular weight is 803 g/mol. The third-order valence-corrected chi connectivity index (χ3v) is 10.3. The normalized spacial score (nSPS) is 10.7. The molecule has 0 unspecified atom stereocenters. The summed E-state index contributed by atoms with van der Waals surface area (Å²) in [6.07, 6.45) is 4.67. The van der Waals surface area contributed by atoms with Crippen LogP contribution in [0.15, 0.2) is 79.4 Å². The molecule has 19 heteroatoms. The van der Waals surface area contributed by atoms with Gasteiger partial charge in [-0.05, 0) is 30.3 Å². The molecule has 0 radical (unpaired) electrons. The van der Waals surface area contributed by atoms with Gasteiger partial charge in [-0.2, -0.15) is 10.3 Å². The number of pyridine rings is 1. The predicted molar refractivity (Wildman–Crippen MR) is 214 cm³/mol. The van der Waals surface area contributed by atoms with Crippen LogP contribution in [0.2, 0.25) is 0 Å². The highest BCUT2D eigenvalue weighted by molar-refractivity contribution is 7.18. The van der Waals surface area contributed by atoms with E-state index in [2.05, 4.69) is 62.9 Å². The van der Waals surface area contributed by atoms with Gasteiger partial charge < -0.3 is 24.3 Å². The second-order valence-corrected chi connectivity index (χ2v) is 13.7. The van der Waals surface area contributed by atoms with Crippen LogP contribution >= 0.6 is 22.7 Å². The van der Waals surface area contributed by atoms with Crippen molar-refractivity contribution in [3.05, 3.63) is 90.8 Å². The fraction of sp³-hybridized carbons (Fsp3) is 0.184. The number of aromatic amines is 2. The topological polar surface area (TPSA) is 206 Å². The van der Waals surface area contributed by atoms with Crippen LogP contribution in [0.5, 0.6) is 11.5 Å². The van der Waals surface area contributed by atoms with Crippen LogP contribution < -0.4 is 14.8 Å². The summed E-state index contributed by atoms with van der Waals surface area (Å²) in [5.41, 5.74) is 6.67. The first-order valence-electron chi connectivity index (χ1n) is 17.1. The fourth-order valence-electron chi connectivity index (χ4n) is 5.47. The first kappa shape index (κ1) is 38.3. The molecule has 0 saturated carbocycles. The summed E-state index contributed by atoms with van der Waals surface area (Å²) < 4.78 is 22.9. The maximum absolute atomic E-state index is 11.6. The van der Waals surface area contributed by atoms with Crippen molar-refractivity contribution in [3.8, 4) is 71.6 Å². The molecule has 0 atom stereocenters. The number of methoxy groups -OCH3 is 3. The lowest BCUT2D eigenvalue weighted by Gasteiger charge is -2.07. The molecule has 1 amide bonds. The minimum absolute atomic E-state index is 0.0651. The summed E-state index contributed by atoms with van der Waals surface area (Å²) in [4.78, 5) is 31.4. The number of benzene rings is 2. The van der Waals surface area contributed by atoms with Gasteiger partial charge in [0.2, 0.25) is 5.82 Å². The summed E-state index contributed by atoms with van der Waals surface area (Å²) in [7, 11) is 4.84. The van der Waals surface area contributed by atoms with E-state index in [0.717, 1.165) is 64.8 Å². The number of nitrogens with zero attached hydrogens (tertiary/aromatic N) is 9. The number of imidazole rings is 1. The van der Waals surface area contributed by atoms with Crippen molar-refractivity contribution in [1.29, 1.82) is 0 Å². The Bertz CT molecular complexity index is 2630. The first-order valence-corrected chi connectivity index (χ1v) is 18.8. The number of fused-ring (bicyclic) bond motifs is 1. The van der Waals surface area contributed by atoms with Gasteiger partial charge in [-0.25, -0.2) is 19.7 Å². The zero-order valence-corrected chi connectivity index (χ0v) is 32.6. The quantitative estimate of drug-likeness (QED) is 0.116. The number of thiazole rings is 2. The van der Waals surface area contributed by atoms with E-state index in [1.54, 1.807) is 47.0 Å². The highest BCUT2D eigenvalue weighted by Crippen LogP contribution is 2.39. The van der Waals surface area contributed by atoms with Gasteiger partial charge in [0.25, 0.3) is 0 Å². The Morgan fingerprint density at radius 1 is 0.930 bits per heavy atom. The maximum atomic E-state index is 11.6. The number of nitrogens with one attached hydrogen (secondary N) is 3. The van der Waals surface area contributed by atoms with E-state index in [9.17, 15) is 4.79 Å². The van der Waals surface area contributed by atoms with Crippen LogP contribution in [0.25, 0.3) is 59.3 Å². The molecule has 2 aromatic carbocycles. The number of tetrazole rings is 1. The molecular formula is C38H34N12O5S2. The van der Waals surface area contributed by atoms with E-state index >= 15 is 0 Å². The Kier molecular flexibility index (Phi) is 12.1. The number of hydrogen-bond donors (Lipinski definition) is 3. The number of aromatic nitrogens is 11. The summed E-state index contributed by atoms with van der Waals surface area (Å²) in [5.74, 6) is 7.07. The predicted octanol–water partition coefficient (Wildman–Crippen LogP) is 6.34. The van der Waals surface area contributed by atoms with E-state index in [-0.39, 0.29) is 13.2 Å². The molecule has 0 aliphatic heterocycles. The Balaban J connectivity index is 0.000000174. The minimum atomic E-state index is -0.531. The van der Waals surface area contributed by atoms with Crippen molar-refractivity contribution in [2.45, 2.75) is 20.1 Å². The number of carbonyl (C=O) groups is 1. The van der Waals surface area contributed by atoms with Crippen LogP contribution in [-0.2, 0) is 22.6 Å². The SMILES string of the molecule is CC#CCOC(=O)NCc1cc(-c2sc(-c3ccncc3)nc2COC)n[nH]1.COc1cc2ncn(-c3nc(-c4ccccc4)c(-c4nn[nH]n4)s3)c2cc1OC. The zero-order chi connectivity index (χ0) is 39.6. The third kappa shape index (κ3) is 8.78. The molecule has 8 aromatic rings. The second-order valence-electron chi connectivity index (χ2n) is 11.7. The lowest BCUT2D eigenvalue weighted by atomic mass is 10.1. The molecule has 6 aromatic heterocycles. The summed E-state index contributed by atoms with van der Waals surface area (Å²) in [6, 6.07) is 19.3. The molecule has 0 fully saturated rings. The Morgan fingerprint density at radius 2 is 1.74 bits per heavy atom. The van der Waals surface area contributed by atoms with Crippen molar-refractivity contribution in [2.24, 2.45) is 0 Å². The molecule has 0 spiro atoms. The summed E-state index contributed by atoms with van der Waals surface area (Å²) in [6.45, 7) is 2.39. The second kappa shape index (κ2) is 18.1. The molecule has 0 bridgehead atoms. The van der Waals surface area contributed by atoms with E-state index in [0.29, 0.717) is 23.9 Å². The smallest absolute Gasteiger partial charge is 0.408 e. The molecule has 0 aliphatic carbocycles. The van der Waals surface area contributed by atoms with Gasteiger partial charge >= 0.3 is 6.09 Å². The van der Waals surface area contributed by atoms with Crippen LogP contribution in [0, 0.1) is 11.8 Å². The minimum Gasteiger partial charge on any atom is -0.493 e. The molecule has 57 heavy (non-hydrogen) atoms. The Hall–Kier alpha value is -7.01. The number of alkyl carbamates (subject to hydrolysis) is 1. The number of H-pyrrole nitrogens is 2. The third-order valence-electron chi connectivity index (χ3n) is 8.11. The van der Waals surface area contributed by atoms with E-state index in [1.807, 2.05) is 65.2 Å². The number of hydrogen-bond acceptors (Lipinski definition) is 15. The molecule has 17 nitrogen and oxygen atoms in total. The number of amides is 1. The van der Waals surface area contributed by atoms with Gasteiger partial charge in [0.05, 0.1) is 60.4 Å². The van der Waals surface area contributed by atoms with Gasteiger partial charge in [0.15, 0.2) is 23.2 Å². The molecule has 8 rings (SSSR count). The largest absolute Gasteiger partial charge is 0.493 e. The van der Waals surface area contributed by atoms with Crippen molar-refractivity contribution in [2.75, 3.05) is 27.9 Å². The highest BCUT2D eigenvalue weighted by atomic mass is 32.1. The Morgan fingerprint density at radius 3 is 2.47 bits per heavy atom. The van der Waals surface area contributed by atoms with Gasteiger partial charge in [-0.3, -0.25) is 14.6 Å². The van der Waals surface area contributed by atoms with Gasteiger partial charge in [0, 0.05) is 42.8 Å². The zero-order valence-electron chi connectivity index (χ0n) is 31.0. The fourth-order valence-corrected chi connectivity index (χ4v) is 7.50. The van der Waals surface area contributed by atoms with Crippen LogP contribution in [0.4, 0.5) is 4.79 Å². The van der Waals surface area contributed by atoms with Crippen molar-refractivity contribution < 1.29 is 23.7 Å². The lowest BCUT2D eigenvalue weighted by molar-refractivity contribution is 0.159. The van der Waals surface area contributed by atoms with Crippen molar-refractivity contribution in [1.82, 2.24) is 60.6 Å². The molecule has 6 heterocycles. The lowest BCUT2D eigenvalue weighted by Crippen LogP contribution is -2.24. The van der Waals surface area contributed by atoms with Crippen LogP contribution in [-0.4, -0.2) is 89.4 Å². The molecule has 288 valence electrons. The van der Waals surface area contributed by atoms with E-state index in [4.69, 9.17) is 23.9 Å².